The Bertz CT molecular complexity index is 909. The second kappa shape index (κ2) is 12.3. The number of hydrogen-bond acceptors (Lipinski definition) is 5. The summed E-state index contributed by atoms with van der Waals surface area (Å²) in [7, 11) is 0. The Hall–Kier alpha value is -1.07. The van der Waals surface area contributed by atoms with Crippen molar-refractivity contribution >= 4 is 17.3 Å². The van der Waals surface area contributed by atoms with Crippen LogP contribution in [0.25, 0.3) is 0 Å². The van der Waals surface area contributed by atoms with E-state index in [-0.39, 0.29) is 22.8 Å². The highest BCUT2D eigenvalue weighted by Crippen LogP contribution is 2.48. The minimum atomic E-state index is -1.02. The highest BCUT2D eigenvalue weighted by Gasteiger charge is 2.54. The highest BCUT2D eigenvalue weighted by atomic mass is 16.5. The Balaban J connectivity index is 6.23. The zero-order chi connectivity index (χ0) is 32.6. The molecule has 5 heteroatoms. The predicted molar refractivity (Wildman–Crippen MR) is 168 cm³/mol. The molecule has 236 valence electrons. The lowest BCUT2D eigenvalue weighted by atomic mass is 9.61. The number of Topliss-reactive ketones (excluding diaryl/α,β-unsaturated/α-hetero) is 3. The lowest BCUT2D eigenvalue weighted by molar-refractivity contribution is -0.188. The van der Waals surface area contributed by atoms with Crippen LogP contribution in [0.3, 0.4) is 0 Å². The van der Waals surface area contributed by atoms with E-state index in [0.717, 1.165) is 6.42 Å². The molecule has 0 aliphatic carbocycles. The first-order valence-corrected chi connectivity index (χ1v) is 15.4. The van der Waals surface area contributed by atoms with Crippen LogP contribution in [0.1, 0.15) is 157 Å². The molecule has 0 rings (SSSR count). The summed E-state index contributed by atoms with van der Waals surface area (Å²) in [5.74, 6) is 0.158. The molecule has 5 nitrogen and oxygen atoms in total. The van der Waals surface area contributed by atoms with E-state index in [2.05, 4.69) is 27.7 Å². The van der Waals surface area contributed by atoms with Gasteiger partial charge in [-0.25, -0.2) is 0 Å². The van der Waals surface area contributed by atoms with Gasteiger partial charge in [-0.1, -0.05) is 90.0 Å². The topological polar surface area (TPSA) is 69.7 Å². The summed E-state index contributed by atoms with van der Waals surface area (Å²) >= 11 is 0. The van der Waals surface area contributed by atoms with Gasteiger partial charge < -0.3 is 9.47 Å². The van der Waals surface area contributed by atoms with E-state index in [1.807, 2.05) is 96.9 Å². The normalized spacial score (nSPS) is 18.1. The average Bonchev–Trinajstić information content (AvgIpc) is 2.74. The van der Waals surface area contributed by atoms with E-state index in [0.29, 0.717) is 19.3 Å². The molecular formula is C35H66O5. The van der Waals surface area contributed by atoms with E-state index in [4.69, 9.17) is 9.47 Å². The third-order valence-electron chi connectivity index (χ3n) is 9.13. The third kappa shape index (κ3) is 9.48. The van der Waals surface area contributed by atoms with Crippen LogP contribution < -0.4 is 0 Å². The molecule has 0 aromatic heterocycles. The lowest BCUT2D eigenvalue weighted by Gasteiger charge is -2.49. The van der Waals surface area contributed by atoms with Crippen LogP contribution in [0.5, 0.6) is 0 Å². The van der Waals surface area contributed by atoms with E-state index >= 15 is 0 Å². The first kappa shape index (κ1) is 38.9. The number of carbonyl (C=O) groups excluding carboxylic acids is 3. The van der Waals surface area contributed by atoms with Crippen molar-refractivity contribution in [2.45, 2.75) is 180 Å². The molecule has 0 aliphatic heterocycles. The van der Waals surface area contributed by atoms with Crippen molar-refractivity contribution in [3.05, 3.63) is 0 Å². The minimum Gasteiger partial charge on any atom is -0.364 e. The van der Waals surface area contributed by atoms with Gasteiger partial charge in [-0.2, -0.15) is 0 Å². The Morgan fingerprint density at radius 3 is 1.45 bits per heavy atom. The van der Waals surface area contributed by atoms with Crippen molar-refractivity contribution in [2.75, 3.05) is 0 Å². The molecular weight excluding hydrogens is 500 g/mol. The first-order chi connectivity index (χ1) is 17.3. The van der Waals surface area contributed by atoms with Crippen molar-refractivity contribution in [3.63, 3.8) is 0 Å². The van der Waals surface area contributed by atoms with Gasteiger partial charge >= 0.3 is 0 Å². The van der Waals surface area contributed by atoms with Crippen molar-refractivity contribution < 1.29 is 23.9 Å². The van der Waals surface area contributed by atoms with E-state index < -0.39 is 44.6 Å². The molecule has 40 heavy (non-hydrogen) atoms. The molecule has 0 amide bonds. The number of rotatable bonds is 15. The molecule has 0 spiro atoms. The quantitative estimate of drug-likeness (QED) is 0.198. The van der Waals surface area contributed by atoms with Gasteiger partial charge in [0.05, 0.1) is 16.6 Å². The number of ketones is 3. The summed E-state index contributed by atoms with van der Waals surface area (Å²) < 4.78 is 13.1. The molecule has 0 saturated carbocycles. The molecule has 0 aliphatic rings. The second-order valence-corrected chi connectivity index (χ2v) is 17.3. The summed E-state index contributed by atoms with van der Waals surface area (Å²) in [6, 6.07) is 0. The second-order valence-electron chi connectivity index (χ2n) is 17.3. The molecule has 0 heterocycles. The fourth-order valence-electron chi connectivity index (χ4n) is 6.59. The number of ether oxygens (including phenoxy) is 2. The average molecular weight is 567 g/mol. The highest BCUT2D eigenvalue weighted by molar-refractivity contribution is 5.92. The van der Waals surface area contributed by atoms with Crippen LogP contribution in [0, 0.1) is 27.1 Å². The van der Waals surface area contributed by atoms with Gasteiger partial charge in [0, 0.05) is 16.2 Å². The van der Waals surface area contributed by atoms with Crippen LogP contribution in [-0.4, -0.2) is 40.3 Å². The maximum absolute atomic E-state index is 14.4. The Morgan fingerprint density at radius 2 is 1.10 bits per heavy atom. The Kier molecular flexibility index (Phi) is 11.9. The van der Waals surface area contributed by atoms with Gasteiger partial charge in [0.25, 0.3) is 0 Å². The van der Waals surface area contributed by atoms with Crippen LogP contribution in [0.2, 0.25) is 0 Å². The molecule has 0 radical (unpaired) electrons. The van der Waals surface area contributed by atoms with E-state index in [1.165, 1.54) is 0 Å². The van der Waals surface area contributed by atoms with E-state index in [9.17, 15) is 14.4 Å². The van der Waals surface area contributed by atoms with Gasteiger partial charge in [0.2, 0.25) is 0 Å². The van der Waals surface area contributed by atoms with Gasteiger partial charge in [0.15, 0.2) is 11.6 Å². The standard InChI is InChI=1S/C35H66O5/c1-20-34(18,27(38)31(12,13)33(16,17)39-24(3)25(36)29(7,8)9)23-35(19,21-2)40-32(14,15)26(37)30(10,11)22-28(4,5)6/h24H,20-23H2,1-19H3. The molecule has 0 fully saturated rings. The maximum Gasteiger partial charge on any atom is 0.169 e. The van der Waals surface area contributed by atoms with Gasteiger partial charge in [-0.15, -0.1) is 0 Å². The Labute approximate surface area is 248 Å². The molecule has 0 saturated heterocycles. The summed E-state index contributed by atoms with van der Waals surface area (Å²) in [5, 5.41) is 0. The third-order valence-corrected chi connectivity index (χ3v) is 9.13. The van der Waals surface area contributed by atoms with Crippen LogP contribution in [-0.2, 0) is 23.9 Å². The zero-order valence-electron chi connectivity index (χ0n) is 29.9. The van der Waals surface area contributed by atoms with Crippen LogP contribution in [0.4, 0.5) is 0 Å². The zero-order valence-corrected chi connectivity index (χ0v) is 29.9. The van der Waals surface area contributed by atoms with E-state index in [1.54, 1.807) is 6.92 Å². The molecule has 0 aromatic carbocycles. The lowest BCUT2D eigenvalue weighted by Crippen LogP contribution is -2.56. The summed E-state index contributed by atoms with van der Waals surface area (Å²) in [6.45, 7) is 37.4. The van der Waals surface area contributed by atoms with Crippen molar-refractivity contribution in [2.24, 2.45) is 27.1 Å². The monoisotopic (exact) mass is 566 g/mol. The summed E-state index contributed by atoms with van der Waals surface area (Å²) in [5.41, 5.74) is -5.31. The molecule has 0 bridgehead atoms. The minimum absolute atomic E-state index is 0.00590. The van der Waals surface area contributed by atoms with Crippen molar-refractivity contribution in [1.29, 1.82) is 0 Å². The fraction of sp³-hybridized carbons (Fsp3) is 0.914. The number of hydrogen-bond donors (Lipinski definition) is 0. The molecule has 0 N–H and O–H groups in total. The molecule has 3 unspecified atom stereocenters. The Morgan fingerprint density at radius 1 is 0.650 bits per heavy atom. The molecule has 3 atom stereocenters. The van der Waals surface area contributed by atoms with Crippen molar-refractivity contribution in [3.8, 4) is 0 Å². The maximum atomic E-state index is 14.4. The first-order valence-electron chi connectivity index (χ1n) is 15.4. The van der Waals surface area contributed by atoms with Crippen molar-refractivity contribution in [1.82, 2.24) is 0 Å². The number of carbonyl (C=O) groups is 3. The van der Waals surface area contributed by atoms with Crippen LogP contribution in [0.15, 0.2) is 0 Å². The van der Waals surface area contributed by atoms with Gasteiger partial charge in [-0.05, 0) is 72.6 Å². The summed E-state index contributed by atoms with van der Waals surface area (Å²) in [4.78, 5) is 41.1. The largest absolute Gasteiger partial charge is 0.364 e. The fourth-order valence-corrected chi connectivity index (χ4v) is 6.59. The van der Waals surface area contributed by atoms with Crippen LogP contribution >= 0.6 is 0 Å². The van der Waals surface area contributed by atoms with Gasteiger partial charge in [0.1, 0.15) is 17.5 Å². The molecule has 0 aromatic rings. The SMILES string of the molecule is CCC(C)(CC(C)(CC)C(=O)C(C)(C)C(C)(C)OC(C)C(=O)C(C)(C)C)OC(C)(C)C(=O)C(C)(C)CC(C)(C)C. The summed E-state index contributed by atoms with van der Waals surface area (Å²) in [6.07, 6.45) is 1.86. The van der Waals surface area contributed by atoms with Gasteiger partial charge in [-0.3, -0.25) is 14.4 Å². The smallest absolute Gasteiger partial charge is 0.169 e. The predicted octanol–water partition coefficient (Wildman–Crippen LogP) is 9.18.